The molecule has 0 saturated heterocycles. The molecule has 0 aliphatic rings. The van der Waals surface area contributed by atoms with Gasteiger partial charge in [-0.05, 0) is 31.6 Å². The van der Waals surface area contributed by atoms with Gasteiger partial charge in [0.05, 0.1) is 0 Å². The Bertz CT molecular complexity index is 386. The maximum atomic E-state index is 3.62. The molecular formula is C14H17N. The Hall–Kier alpha value is -1.76. The zero-order chi connectivity index (χ0) is 11.1. The molecule has 0 atom stereocenters. The summed E-state index contributed by atoms with van der Waals surface area (Å²) in [4.78, 5) is 0. The first-order chi connectivity index (χ1) is 7.24. The van der Waals surface area contributed by atoms with Gasteiger partial charge in [-0.3, -0.25) is 0 Å². The summed E-state index contributed by atoms with van der Waals surface area (Å²) in [5.41, 5.74) is 3.51. The topological polar surface area (TPSA) is 12.0 Å². The van der Waals surface area contributed by atoms with Gasteiger partial charge in [-0.2, -0.15) is 0 Å². The standard InChI is InChI=1S/C14H17N/c1-4-5-6-10-13(3)15-14-11-8-7-9-12(14)2/h4-11,15H,1H2,2-3H3/b6-5-,13-10+. The Morgan fingerprint density at radius 3 is 2.67 bits per heavy atom. The van der Waals surface area contributed by atoms with Crippen molar-refractivity contribution in [2.75, 3.05) is 5.32 Å². The Labute approximate surface area is 91.8 Å². The maximum Gasteiger partial charge on any atom is 0.0411 e. The van der Waals surface area contributed by atoms with E-state index in [1.807, 2.05) is 37.3 Å². The summed E-state index contributed by atoms with van der Waals surface area (Å²) in [5.74, 6) is 0. The van der Waals surface area contributed by atoms with Gasteiger partial charge in [0.1, 0.15) is 0 Å². The lowest BCUT2D eigenvalue weighted by atomic mass is 10.2. The van der Waals surface area contributed by atoms with E-state index in [0.29, 0.717) is 0 Å². The molecule has 0 heterocycles. The Kier molecular flexibility index (Phi) is 4.42. The van der Waals surface area contributed by atoms with Crippen LogP contribution in [0.3, 0.4) is 0 Å². The highest BCUT2D eigenvalue weighted by molar-refractivity contribution is 5.54. The lowest BCUT2D eigenvalue weighted by molar-refractivity contribution is 1.34. The molecule has 0 aromatic heterocycles. The number of hydrogen-bond donors (Lipinski definition) is 1. The van der Waals surface area contributed by atoms with Crippen molar-refractivity contribution >= 4 is 5.69 Å². The van der Waals surface area contributed by atoms with E-state index in [-0.39, 0.29) is 0 Å². The second-order valence-electron chi connectivity index (χ2n) is 3.41. The Balaban J connectivity index is 2.70. The van der Waals surface area contributed by atoms with E-state index in [0.717, 1.165) is 11.4 Å². The molecule has 1 aromatic rings. The summed E-state index contributed by atoms with van der Waals surface area (Å²) in [5, 5.41) is 3.34. The molecule has 0 unspecified atom stereocenters. The molecule has 1 N–H and O–H groups in total. The van der Waals surface area contributed by atoms with Crippen LogP contribution in [0, 0.1) is 6.92 Å². The minimum Gasteiger partial charge on any atom is -0.359 e. The van der Waals surface area contributed by atoms with E-state index < -0.39 is 0 Å². The highest BCUT2D eigenvalue weighted by Gasteiger charge is 1.94. The number of anilines is 1. The third kappa shape index (κ3) is 3.86. The summed E-state index contributed by atoms with van der Waals surface area (Å²) < 4.78 is 0. The SMILES string of the molecule is C=C/C=C\C=C(/C)Nc1ccccc1C. The van der Waals surface area contributed by atoms with Crippen LogP contribution >= 0.6 is 0 Å². The van der Waals surface area contributed by atoms with Crippen LogP contribution in [0.25, 0.3) is 0 Å². The lowest BCUT2D eigenvalue weighted by Gasteiger charge is -2.08. The number of hydrogen-bond acceptors (Lipinski definition) is 1. The average molecular weight is 199 g/mol. The van der Waals surface area contributed by atoms with Gasteiger partial charge < -0.3 is 5.32 Å². The molecule has 0 radical (unpaired) electrons. The van der Waals surface area contributed by atoms with Crippen molar-refractivity contribution in [3.8, 4) is 0 Å². The van der Waals surface area contributed by atoms with Gasteiger partial charge >= 0.3 is 0 Å². The van der Waals surface area contributed by atoms with E-state index in [1.165, 1.54) is 5.56 Å². The zero-order valence-electron chi connectivity index (χ0n) is 9.33. The van der Waals surface area contributed by atoms with Crippen molar-refractivity contribution in [3.63, 3.8) is 0 Å². The average Bonchev–Trinajstić information content (AvgIpc) is 2.22. The Morgan fingerprint density at radius 2 is 2.00 bits per heavy atom. The van der Waals surface area contributed by atoms with Gasteiger partial charge in [0.25, 0.3) is 0 Å². The molecule has 1 aromatic carbocycles. The number of nitrogens with one attached hydrogen (secondary N) is 1. The van der Waals surface area contributed by atoms with Crippen LogP contribution in [0.15, 0.2) is 60.8 Å². The Morgan fingerprint density at radius 1 is 1.27 bits per heavy atom. The van der Waals surface area contributed by atoms with Gasteiger partial charge in [0.2, 0.25) is 0 Å². The molecule has 0 fully saturated rings. The zero-order valence-corrected chi connectivity index (χ0v) is 9.33. The fraction of sp³-hybridized carbons (Fsp3) is 0.143. The number of para-hydroxylation sites is 1. The molecule has 78 valence electrons. The molecule has 0 aliphatic carbocycles. The monoisotopic (exact) mass is 199 g/mol. The molecule has 0 spiro atoms. The number of rotatable bonds is 4. The van der Waals surface area contributed by atoms with Crippen LogP contribution in [-0.2, 0) is 0 Å². The first-order valence-corrected chi connectivity index (χ1v) is 5.02. The van der Waals surface area contributed by atoms with Crippen LogP contribution in [0.2, 0.25) is 0 Å². The first kappa shape index (κ1) is 11.3. The van der Waals surface area contributed by atoms with E-state index >= 15 is 0 Å². The van der Waals surface area contributed by atoms with Crippen molar-refractivity contribution in [2.45, 2.75) is 13.8 Å². The highest BCUT2D eigenvalue weighted by atomic mass is 14.9. The fourth-order valence-electron chi connectivity index (χ4n) is 1.25. The van der Waals surface area contributed by atoms with Gasteiger partial charge in [0.15, 0.2) is 0 Å². The van der Waals surface area contributed by atoms with E-state index in [2.05, 4.69) is 31.0 Å². The van der Waals surface area contributed by atoms with Crippen LogP contribution in [0.1, 0.15) is 12.5 Å². The molecule has 0 amide bonds. The largest absolute Gasteiger partial charge is 0.359 e. The van der Waals surface area contributed by atoms with Crippen LogP contribution in [0.4, 0.5) is 5.69 Å². The van der Waals surface area contributed by atoms with Crippen LogP contribution in [-0.4, -0.2) is 0 Å². The maximum absolute atomic E-state index is 3.62. The molecular weight excluding hydrogens is 182 g/mol. The molecule has 1 heteroatoms. The predicted octanol–water partition coefficient (Wildman–Crippen LogP) is 4.05. The minimum absolute atomic E-state index is 1.11. The van der Waals surface area contributed by atoms with Crippen molar-refractivity contribution in [2.24, 2.45) is 0 Å². The second-order valence-corrected chi connectivity index (χ2v) is 3.41. The quantitative estimate of drug-likeness (QED) is 0.721. The summed E-state index contributed by atoms with van der Waals surface area (Å²) in [6.07, 6.45) is 7.66. The smallest absolute Gasteiger partial charge is 0.0411 e. The second kappa shape index (κ2) is 5.86. The number of benzene rings is 1. The van der Waals surface area contributed by atoms with Crippen molar-refractivity contribution in [1.82, 2.24) is 0 Å². The third-order valence-corrected chi connectivity index (χ3v) is 2.07. The minimum atomic E-state index is 1.11. The lowest BCUT2D eigenvalue weighted by Crippen LogP contribution is -1.96. The molecule has 15 heavy (non-hydrogen) atoms. The van der Waals surface area contributed by atoms with Gasteiger partial charge in [0, 0.05) is 11.4 Å². The van der Waals surface area contributed by atoms with E-state index in [1.54, 1.807) is 6.08 Å². The first-order valence-electron chi connectivity index (χ1n) is 5.02. The molecule has 0 saturated carbocycles. The molecule has 0 aliphatic heterocycles. The van der Waals surface area contributed by atoms with Gasteiger partial charge in [-0.15, -0.1) is 0 Å². The fourth-order valence-corrected chi connectivity index (χ4v) is 1.25. The van der Waals surface area contributed by atoms with Crippen molar-refractivity contribution in [3.05, 3.63) is 66.4 Å². The number of allylic oxidation sites excluding steroid dienone is 5. The highest BCUT2D eigenvalue weighted by Crippen LogP contribution is 2.15. The van der Waals surface area contributed by atoms with Gasteiger partial charge in [-0.1, -0.05) is 43.0 Å². The van der Waals surface area contributed by atoms with Crippen LogP contribution in [0.5, 0.6) is 0 Å². The summed E-state index contributed by atoms with van der Waals surface area (Å²) in [6.45, 7) is 7.75. The molecule has 1 rings (SSSR count). The number of aryl methyl sites for hydroxylation is 1. The van der Waals surface area contributed by atoms with Crippen LogP contribution < -0.4 is 5.32 Å². The van der Waals surface area contributed by atoms with Crippen molar-refractivity contribution in [1.29, 1.82) is 0 Å². The van der Waals surface area contributed by atoms with E-state index in [9.17, 15) is 0 Å². The summed E-state index contributed by atoms with van der Waals surface area (Å²) >= 11 is 0. The van der Waals surface area contributed by atoms with Crippen molar-refractivity contribution < 1.29 is 0 Å². The van der Waals surface area contributed by atoms with Gasteiger partial charge in [-0.25, -0.2) is 0 Å². The summed E-state index contributed by atoms with van der Waals surface area (Å²) in [7, 11) is 0. The molecule has 0 bridgehead atoms. The molecule has 1 nitrogen and oxygen atoms in total. The summed E-state index contributed by atoms with van der Waals surface area (Å²) in [6, 6.07) is 8.23. The normalized spacial score (nSPS) is 11.7. The predicted molar refractivity (Wildman–Crippen MR) is 67.9 cm³/mol. The van der Waals surface area contributed by atoms with E-state index in [4.69, 9.17) is 0 Å². The third-order valence-electron chi connectivity index (χ3n) is 2.07.